The van der Waals surface area contributed by atoms with Crippen molar-refractivity contribution in [1.82, 2.24) is 5.32 Å². The molecule has 1 N–H and O–H groups in total. The van der Waals surface area contributed by atoms with Crippen LogP contribution in [0.2, 0.25) is 0 Å². The molecule has 0 radical (unpaired) electrons. The summed E-state index contributed by atoms with van der Waals surface area (Å²) < 4.78 is 0. The Labute approximate surface area is 114 Å². The predicted octanol–water partition coefficient (Wildman–Crippen LogP) is 4.62. The molecule has 0 aliphatic heterocycles. The Balaban J connectivity index is 1.66. The van der Waals surface area contributed by atoms with Gasteiger partial charge in [-0.25, -0.2) is 0 Å². The Morgan fingerprint density at radius 2 is 1.83 bits per heavy atom. The van der Waals surface area contributed by atoms with E-state index < -0.39 is 0 Å². The fraction of sp³-hybridized carbons (Fsp3) is 1.00. The molecular formula is C17H33N. The standard InChI is InChI=1S/C17H33N/c1-13(2)9-15-5-4-6-17(11-15)18-12-16-8-7-14(3)10-16/h13-18H,4-12H2,1-3H3. The molecule has 2 fully saturated rings. The van der Waals surface area contributed by atoms with Crippen LogP contribution in [0.25, 0.3) is 0 Å². The zero-order chi connectivity index (χ0) is 13.0. The summed E-state index contributed by atoms with van der Waals surface area (Å²) in [6.07, 6.45) is 11.7. The summed E-state index contributed by atoms with van der Waals surface area (Å²) in [6.45, 7) is 8.45. The van der Waals surface area contributed by atoms with Gasteiger partial charge in [0.15, 0.2) is 0 Å². The molecule has 2 aliphatic rings. The SMILES string of the molecule is CC(C)CC1CCCC(NCC2CCC(C)C2)C1. The lowest BCUT2D eigenvalue weighted by Crippen LogP contribution is -2.37. The molecule has 2 aliphatic carbocycles. The minimum Gasteiger partial charge on any atom is -0.314 e. The largest absolute Gasteiger partial charge is 0.314 e. The third kappa shape index (κ3) is 4.57. The van der Waals surface area contributed by atoms with Crippen molar-refractivity contribution in [2.75, 3.05) is 6.54 Å². The Kier molecular flexibility index (Phi) is 5.54. The van der Waals surface area contributed by atoms with Crippen molar-refractivity contribution in [1.29, 1.82) is 0 Å². The number of hydrogen-bond donors (Lipinski definition) is 1. The van der Waals surface area contributed by atoms with Crippen LogP contribution in [0.15, 0.2) is 0 Å². The van der Waals surface area contributed by atoms with E-state index in [1.165, 1.54) is 57.9 Å². The van der Waals surface area contributed by atoms with E-state index in [0.29, 0.717) is 0 Å². The van der Waals surface area contributed by atoms with Crippen LogP contribution >= 0.6 is 0 Å². The van der Waals surface area contributed by atoms with Gasteiger partial charge in [0, 0.05) is 6.04 Å². The first kappa shape index (κ1) is 14.4. The van der Waals surface area contributed by atoms with Crippen molar-refractivity contribution in [3.63, 3.8) is 0 Å². The predicted molar refractivity (Wildman–Crippen MR) is 79.7 cm³/mol. The highest BCUT2D eigenvalue weighted by molar-refractivity contribution is 4.81. The first-order valence-electron chi connectivity index (χ1n) is 8.37. The molecule has 1 nitrogen and oxygen atoms in total. The van der Waals surface area contributed by atoms with Gasteiger partial charge < -0.3 is 5.32 Å². The van der Waals surface area contributed by atoms with Crippen LogP contribution < -0.4 is 5.32 Å². The smallest absolute Gasteiger partial charge is 0.00698 e. The summed E-state index contributed by atoms with van der Waals surface area (Å²) in [5.41, 5.74) is 0. The van der Waals surface area contributed by atoms with Crippen molar-refractivity contribution in [3.8, 4) is 0 Å². The second-order valence-corrected chi connectivity index (χ2v) is 7.55. The minimum atomic E-state index is 0.832. The van der Waals surface area contributed by atoms with Gasteiger partial charge in [0.25, 0.3) is 0 Å². The lowest BCUT2D eigenvalue weighted by Gasteiger charge is -2.31. The van der Waals surface area contributed by atoms with Crippen LogP contribution in [-0.2, 0) is 0 Å². The lowest BCUT2D eigenvalue weighted by atomic mass is 9.81. The van der Waals surface area contributed by atoms with Gasteiger partial charge in [-0.15, -0.1) is 0 Å². The summed E-state index contributed by atoms with van der Waals surface area (Å²) in [5, 5.41) is 3.89. The van der Waals surface area contributed by atoms with E-state index in [9.17, 15) is 0 Å². The Morgan fingerprint density at radius 1 is 1.00 bits per heavy atom. The molecule has 0 aromatic heterocycles. The van der Waals surface area contributed by atoms with Gasteiger partial charge in [0.2, 0.25) is 0 Å². The van der Waals surface area contributed by atoms with E-state index >= 15 is 0 Å². The second-order valence-electron chi connectivity index (χ2n) is 7.55. The molecule has 106 valence electrons. The summed E-state index contributed by atoms with van der Waals surface area (Å²) in [4.78, 5) is 0. The van der Waals surface area contributed by atoms with E-state index in [0.717, 1.165) is 29.7 Å². The molecule has 4 unspecified atom stereocenters. The van der Waals surface area contributed by atoms with Crippen LogP contribution in [0, 0.1) is 23.7 Å². The van der Waals surface area contributed by atoms with E-state index in [1.54, 1.807) is 0 Å². The van der Waals surface area contributed by atoms with E-state index in [2.05, 4.69) is 26.1 Å². The molecule has 1 heteroatoms. The topological polar surface area (TPSA) is 12.0 Å². The highest BCUT2D eigenvalue weighted by Gasteiger charge is 2.25. The van der Waals surface area contributed by atoms with Gasteiger partial charge in [0.1, 0.15) is 0 Å². The number of nitrogens with one attached hydrogen (secondary N) is 1. The molecule has 0 aromatic carbocycles. The maximum atomic E-state index is 3.89. The normalized spacial score (nSPS) is 37.3. The van der Waals surface area contributed by atoms with Gasteiger partial charge >= 0.3 is 0 Å². The van der Waals surface area contributed by atoms with Crippen molar-refractivity contribution in [2.24, 2.45) is 23.7 Å². The Morgan fingerprint density at radius 3 is 2.50 bits per heavy atom. The molecule has 0 heterocycles. The molecule has 18 heavy (non-hydrogen) atoms. The molecule has 0 aromatic rings. The molecule has 0 saturated heterocycles. The fourth-order valence-corrected chi connectivity index (χ4v) is 4.20. The fourth-order valence-electron chi connectivity index (χ4n) is 4.20. The minimum absolute atomic E-state index is 0.832. The van der Waals surface area contributed by atoms with Crippen LogP contribution in [-0.4, -0.2) is 12.6 Å². The van der Waals surface area contributed by atoms with Crippen LogP contribution in [0.1, 0.15) is 72.1 Å². The van der Waals surface area contributed by atoms with Crippen LogP contribution in [0.3, 0.4) is 0 Å². The molecule has 0 spiro atoms. The molecule has 0 amide bonds. The highest BCUT2D eigenvalue weighted by Crippen LogP contribution is 2.32. The number of rotatable bonds is 5. The van der Waals surface area contributed by atoms with Crippen molar-refractivity contribution >= 4 is 0 Å². The van der Waals surface area contributed by atoms with E-state index in [4.69, 9.17) is 0 Å². The quantitative estimate of drug-likeness (QED) is 0.752. The first-order chi connectivity index (χ1) is 8.63. The Hall–Kier alpha value is -0.0400. The number of hydrogen-bond acceptors (Lipinski definition) is 1. The van der Waals surface area contributed by atoms with E-state index in [-0.39, 0.29) is 0 Å². The van der Waals surface area contributed by atoms with Gasteiger partial charge in [-0.05, 0) is 62.3 Å². The summed E-state index contributed by atoms with van der Waals surface area (Å²) in [5.74, 6) is 3.84. The zero-order valence-corrected chi connectivity index (χ0v) is 12.8. The summed E-state index contributed by atoms with van der Waals surface area (Å²) >= 11 is 0. The zero-order valence-electron chi connectivity index (χ0n) is 12.8. The third-order valence-corrected chi connectivity index (χ3v) is 5.09. The van der Waals surface area contributed by atoms with Crippen molar-refractivity contribution < 1.29 is 0 Å². The van der Waals surface area contributed by atoms with Gasteiger partial charge in [-0.3, -0.25) is 0 Å². The van der Waals surface area contributed by atoms with Crippen LogP contribution in [0.4, 0.5) is 0 Å². The van der Waals surface area contributed by atoms with Gasteiger partial charge in [0.05, 0.1) is 0 Å². The molecule has 4 atom stereocenters. The van der Waals surface area contributed by atoms with Crippen molar-refractivity contribution in [3.05, 3.63) is 0 Å². The van der Waals surface area contributed by atoms with Crippen LogP contribution in [0.5, 0.6) is 0 Å². The van der Waals surface area contributed by atoms with E-state index in [1.807, 2.05) is 0 Å². The van der Waals surface area contributed by atoms with Gasteiger partial charge in [-0.2, -0.15) is 0 Å². The molecular weight excluding hydrogens is 218 g/mol. The average molecular weight is 251 g/mol. The van der Waals surface area contributed by atoms with Crippen molar-refractivity contribution in [2.45, 2.75) is 78.2 Å². The Bertz CT molecular complexity index is 236. The average Bonchev–Trinajstić information content (AvgIpc) is 2.72. The van der Waals surface area contributed by atoms with Gasteiger partial charge in [-0.1, -0.05) is 40.0 Å². The third-order valence-electron chi connectivity index (χ3n) is 5.09. The lowest BCUT2D eigenvalue weighted by molar-refractivity contribution is 0.246. The maximum absolute atomic E-state index is 3.89. The maximum Gasteiger partial charge on any atom is 0.00698 e. The second kappa shape index (κ2) is 6.93. The first-order valence-corrected chi connectivity index (χ1v) is 8.37. The summed E-state index contributed by atoms with van der Waals surface area (Å²) in [7, 11) is 0. The molecule has 2 rings (SSSR count). The molecule has 0 bridgehead atoms. The summed E-state index contributed by atoms with van der Waals surface area (Å²) in [6, 6.07) is 0.832. The molecule has 2 saturated carbocycles. The monoisotopic (exact) mass is 251 g/mol. The highest BCUT2D eigenvalue weighted by atomic mass is 14.9.